The van der Waals surface area contributed by atoms with Crippen LogP contribution in [0.1, 0.15) is 11.1 Å². The van der Waals surface area contributed by atoms with Crippen molar-refractivity contribution in [1.29, 1.82) is 10.5 Å². The molecule has 0 unspecified atom stereocenters. The van der Waals surface area contributed by atoms with Gasteiger partial charge in [0.05, 0.1) is 29.1 Å². The predicted octanol–water partition coefficient (Wildman–Crippen LogP) is 3.79. The summed E-state index contributed by atoms with van der Waals surface area (Å²) in [6.07, 6.45) is 3.24. The fourth-order valence-corrected chi connectivity index (χ4v) is 6.10. The number of pyridine rings is 1. The molecule has 142 valence electrons. The molecule has 1 aliphatic rings. The van der Waals surface area contributed by atoms with E-state index in [4.69, 9.17) is 5.26 Å². The molecule has 0 N–H and O–H groups in total. The SMILES string of the molecule is N#Cc1ccc(-c2cncc3c2SCCN3S(=O)(=O)c2ccccc2C#N)cc1. The van der Waals surface area contributed by atoms with Gasteiger partial charge in [-0.3, -0.25) is 9.29 Å². The van der Waals surface area contributed by atoms with Crippen molar-refractivity contribution in [3.05, 3.63) is 72.1 Å². The van der Waals surface area contributed by atoms with Crippen molar-refractivity contribution in [3.8, 4) is 23.3 Å². The van der Waals surface area contributed by atoms with Crippen LogP contribution in [0.15, 0.2) is 70.7 Å². The number of hydrogen-bond acceptors (Lipinski definition) is 6. The van der Waals surface area contributed by atoms with Crippen LogP contribution in [0.5, 0.6) is 0 Å². The van der Waals surface area contributed by atoms with E-state index in [1.54, 1.807) is 48.4 Å². The molecule has 6 nitrogen and oxygen atoms in total. The Bertz CT molecular complexity index is 1270. The molecule has 0 amide bonds. The summed E-state index contributed by atoms with van der Waals surface area (Å²) in [5, 5.41) is 18.3. The molecular formula is C21H14N4O2S2. The fraction of sp³-hybridized carbons (Fsp3) is 0.0952. The molecule has 3 aromatic rings. The minimum atomic E-state index is -3.91. The molecule has 2 aromatic carbocycles. The van der Waals surface area contributed by atoms with E-state index in [2.05, 4.69) is 11.1 Å². The molecule has 0 saturated heterocycles. The van der Waals surface area contributed by atoms with Crippen LogP contribution in [-0.2, 0) is 10.0 Å². The zero-order valence-corrected chi connectivity index (χ0v) is 16.7. The number of fused-ring (bicyclic) bond motifs is 1. The largest absolute Gasteiger partial charge is 0.265 e. The minimum Gasteiger partial charge on any atom is -0.263 e. The summed E-state index contributed by atoms with van der Waals surface area (Å²) in [6, 6.07) is 17.3. The van der Waals surface area contributed by atoms with Crippen molar-refractivity contribution in [2.24, 2.45) is 0 Å². The molecule has 4 rings (SSSR count). The molecule has 1 aliphatic heterocycles. The highest BCUT2D eigenvalue weighted by Crippen LogP contribution is 2.43. The lowest BCUT2D eigenvalue weighted by Gasteiger charge is -2.31. The first-order valence-corrected chi connectivity index (χ1v) is 11.1. The number of rotatable bonds is 3. The lowest BCUT2D eigenvalue weighted by molar-refractivity contribution is 0.591. The molecular weight excluding hydrogens is 404 g/mol. The zero-order chi connectivity index (χ0) is 20.4. The van der Waals surface area contributed by atoms with E-state index in [0.717, 1.165) is 16.0 Å². The van der Waals surface area contributed by atoms with Crippen molar-refractivity contribution in [3.63, 3.8) is 0 Å². The number of aromatic nitrogens is 1. The number of thioether (sulfide) groups is 1. The molecule has 0 spiro atoms. The first-order valence-electron chi connectivity index (χ1n) is 8.69. The van der Waals surface area contributed by atoms with Gasteiger partial charge in [-0.2, -0.15) is 10.5 Å². The number of hydrogen-bond donors (Lipinski definition) is 0. The highest BCUT2D eigenvalue weighted by Gasteiger charge is 2.32. The summed E-state index contributed by atoms with van der Waals surface area (Å²) in [7, 11) is -3.91. The quantitative estimate of drug-likeness (QED) is 0.642. The first-order chi connectivity index (χ1) is 14.1. The third-order valence-corrected chi connectivity index (χ3v) is 7.56. The number of sulfonamides is 1. The molecule has 0 saturated carbocycles. The topological polar surface area (TPSA) is 97.8 Å². The van der Waals surface area contributed by atoms with Gasteiger partial charge in [0.15, 0.2) is 0 Å². The van der Waals surface area contributed by atoms with Crippen LogP contribution in [0, 0.1) is 22.7 Å². The normalized spacial score (nSPS) is 13.2. The van der Waals surface area contributed by atoms with Crippen molar-refractivity contribution >= 4 is 27.5 Å². The Labute approximate surface area is 173 Å². The lowest BCUT2D eigenvalue weighted by atomic mass is 10.1. The Morgan fingerprint density at radius 3 is 2.48 bits per heavy atom. The van der Waals surface area contributed by atoms with E-state index in [0.29, 0.717) is 17.0 Å². The maximum Gasteiger partial charge on any atom is 0.265 e. The second-order valence-corrected chi connectivity index (χ2v) is 9.19. The number of benzene rings is 2. The maximum absolute atomic E-state index is 13.4. The average Bonchev–Trinajstić information content (AvgIpc) is 2.78. The van der Waals surface area contributed by atoms with Gasteiger partial charge in [0.2, 0.25) is 0 Å². The molecule has 0 atom stereocenters. The Morgan fingerprint density at radius 1 is 1.00 bits per heavy atom. The van der Waals surface area contributed by atoms with Crippen LogP contribution in [0.3, 0.4) is 0 Å². The molecule has 0 radical (unpaired) electrons. The van der Waals surface area contributed by atoms with E-state index < -0.39 is 10.0 Å². The van der Waals surface area contributed by atoms with Gasteiger partial charge in [-0.05, 0) is 29.8 Å². The number of nitrogens with zero attached hydrogens (tertiary/aromatic N) is 4. The minimum absolute atomic E-state index is 0.0101. The van der Waals surface area contributed by atoms with Crippen molar-refractivity contribution in [2.75, 3.05) is 16.6 Å². The van der Waals surface area contributed by atoms with Gasteiger partial charge >= 0.3 is 0 Å². The molecule has 29 heavy (non-hydrogen) atoms. The van der Waals surface area contributed by atoms with Crippen LogP contribution in [0.4, 0.5) is 5.69 Å². The summed E-state index contributed by atoms with van der Waals surface area (Å²) in [5.74, 6) is 0.578. The standard InChI is InChI=1S/C21H14N4O2S2/c22-11-15-5-7-16(8-6-15)18-13-24-14-19-21(18)28-10-9-25(19)29(26,27)20-4-2-1-3-17(20)12-23/h1-8,13-14H,9-10H2. The van der Waals surface area contributed by atoms with E-state index in [1.807, 2.05) is 18.2 Å². The molecule has 0 bridgehead atoms. The number of nitriles is 2. The fourth-order valence-electron chi connectivity index (χ4n) is 3.20. The summed E-state index contributed by atoms with van der Waals surface area (Å²) >= 11 is 1.57. The Morgan fingerprint density at radius 2 is 1.76 bits per heavy atom. The van der Waals surface area contributed by atoms with E-state index >= 15 is 0 Å². The predicted molar refractivity (Wildman–Crippen MR) is 111 cm³/mol. The molecule has 0 fully saturated rings. The molecule has 0 aliphatic carbocycles. The van der Waals surface area contributed by atoms with Crippen LogP contribution in [-0.4, -0.2) is 25.7 Å². The molecule has 1 aromatic heterocycles. The van der Waals surface area contributed by atoms with E-state index in [1.165, 1.54) is 16.4 Å². The maximum atomic E-state index is 13.4. The Kier molecular flexibility index (Phi) is 4.98. The van der Waals surface area contributed by atoms with Gasteiger partial charge in [-0.1, -0.05) is 24.3 Å². The van der Waals surface area contributed by atoms with Crippen LogP contribution >= 0.6 is 11.8 Å². The summed E-state index contributed by atoms with van der Waals surface area (Å²) in [5.41, 5.74) is 2.83. The van der Waals surface area contributed by atoms with Crippen molar-refractivity contribution < 1.29 is 8.42 Å². The zero-order valence-electron chi connectivity index (χ0n) is 15.1. The smallest absolute Gasteiger partial charge is 0.263 e. The van der Waals surface area contributed by atoms with Gasteiger partial charge in [-0.25, -0.2) is 8.42 Å². The second-order valence-electron chi connectivity index (χ2n) is 6.26. The van der Waals surface area contributed by atoms with Crippen LogP contribution in [0.25, 0.3) is 11.1 Å². The summed E-state index contributed by atoms with van der Waals surface area (Å²) in [4.78, 5) is 5.07. The summed E-state index contributed by atoms with van der Waals surface area (Å²) < 4.78 is 28.1. The van der Waals surface area contributed by atoms with Crippen molar-refractivity contribution in [1.82, 2.24) is 4.98 Å². The van der Waals surface area contributed by atoms with Gasteiger partial charge in [0.1, 0.15) is 11.0 Å². The van der Waals surface area contributed by atoms with Gasteiger partial charge in [0.25, 0.3) is 10.0 Å². The lowest BCUT2D eigenvalue weighted by Crippen LogP contribution is -2.36. The number of anilines is 1. The molecule has 8 heteroatoms. The van der Waals surface area contributed by atoms with E-state index in [-0.39, 0.29) is 17.0 Å². The van der Waals surface area contributed by atoms with Gasteiger partial charge in [-0.15, -0.1) is 11.8 Å². The first kappa shape index (κ1) is 19.0. The highest BCUT2D eigenvalue weighted by atomic mass is 32.2. The van der Waals surface area contributed by atoms with Gasteiger partial charge in [0, 0.05) is 29.0 Å². The molecule has 2 heterocycles. The monoisotopic (exact) mass is 418 g/mol. The highest BCUT2D eigenvalue weighted by molar-refractivity contribution is 8.00. The van der Waals surface area contributed by atoms with Crippen LogP contribution in [0.2, 0.25) is 0 Å². The second kappa shape index (κ2) is 7.59. The third kappa shape index (κ3) is 3.33. The Hall–Kier alpha value is -3.33. The van der Waals surface area contributed by atoms with E-state index in [9.17, 15) is 13.7 Å². The van der Waals surface area contributed by atoms with Gasteiger partial charge < -0.3 is 0 Å². The van der Waals surface area contributed by atoms with Crippen molar-refractivity contribution in [2.45, 2.75) is 9.79 Å². The third-order valence-electron chi connectivity index (χ3n) is 4.59. The average molecular weight is 419 g/mol. The van der Waals surface area contributed by atoms with Crippen LogP contribution < -0.4 is 4.31 Å². The summed E-state index contributed by atoms with van der Waals surface area (Å²) in [6.45, 7) is 0.290. The Balaban J connectivity index is 1.84.